The Labute approximate surface area is 198 Å². The monoisotopic (exact) mass is 488 g/mol. The van der Waals surface area contributed by atoms with Crippen molar-refractivity contribution >= 4 is 40.8 Å². The summed E-state index contributed by atoms with van der Waals surface area (Å²) in [5.74, 6) is -1.41. The molecule has 0 fully saturated rings. The maximum absolute atomic E-state index is 12.8. The van der Waals surface area contributed by atoms with E-state index in [1.165, 1.54) is 0 Å². The third-order valence-corrected chi connectivity index (χ3v) is 5.23. The summed E-state index contributed by atoms with van der Waals surface area (Å²) in [6, 6.07) is 0. The molecule has 1 aliphatic rings. The van der Waals surface area contributed by atoms with E-state index >= 15 is 0 Å². The van der Waals surface area contributed by atoms with Gasteiger partial charge in [0, 0.05) is 36.8 Å². The van der Waals surface area contributed by atoms with Crippen molar-refractivity contribution in [2.45, 2.75) is 26.4 Å². The number of ether oxygens (including phenoxy) is 3. The highest BCUT2D eigenvalue weighted by molar-refractivity contribution is 8.14. The molecular formula is C21H34N3O8S+. The molecule has 0 unspecified atom stereocenters. The van der Waals surface area contributed by atoms with E-state index in [1.54, 1.807) is 13.8 Å². The van der Waals surface area contributed by atoms with Gasteiger partial charge in [-0.1, -0.05) is 25.6 Å². The van der Waals surface area contributed by atoms with Crippen molar-refractivity contribution in [3.63, 3.8) is 0 Å². The van der Waals surface area contributed by atoms with E-state index < -0.39 is 29.6 Å². The zero-order valence-electron chi connectivity index (χ0n) is 19.8. The number of amides is 2. The summed E-state index contributed by atoms with van der Waals surface area (Å²) in [5, 5.41) is 4.84. The van der Waals surface area contributed by atoms with Crippen LogP contribution in [0.5, 0.6) is 0 Å². The molecule has 1 atom stereocenters. The Hall–Kier alpha value is -2.60. The molecule has 11 nitrogen and oxygen atoms in total. The number of nitrogens with one attached hydrogen (secondary N) is 2. The molecule has 2 amide bonds. The smallest absolute Gasteiger partial charge is 0.462 e. The van der Waals surface area contributed by atoms with Gasteiger partial charge in [0.05, 0.1) is 21.1 Å². The van der Waals surface area contributed by atoms with Crippen molar-refractivity contribution in [3.8, 4) is 0 Å². The lowest BCUT2D eigenvalue weighted by Crippen LogP contribution is -2.49. The first-order valence-electron chi connectivity index (χ1n) is 10.5. The van der Waals surface area contributed by atoms with E-state index in [9.17, 15) is 24.0 Å². The number of hydrogen-bond donors (Lipinski definition) is 2. The van der Waals surface area contributed by atoms with Crippen molar-refractivity contribution in [1.82, 2.24) is 10.6 Å². The van der Waals surface area contributed by atoms with Gasteiger partial charge in [-0.3, -0.25) is 14.4 Å². The Balaban J connectivity index is 2.93. The Morgan fingerprint density at radius 3 is 2.52 bits per heavy atom. The highest BCUT2D eigenvalue weighted by atomic mass is 32.2. The third-order valence-electron chi connectivity index (χ3n) is 4.41. The second-order valence-corrected chi connectivity index (χ2v) is 10.2. The fraction of sp³-hybridized carbons (Fsp3) is 0.667. The molecule has 0 saturated heterocycles. The van der Waals surface area contributed by atoms with Crippen molar-refractivity contribution in [1.29, 1.82) is 0 Å². The first kappa shape index (κ1) is 28.4. The van der Waals surface area contributed by atoms with Gasteiger partial charge in [0.25, 0.3) is 5.91 Å². The van der Waals surface area contributed by atoms with E-state index in [4.69, 9.17) is 14.2 Å². The maximum atomic E-state index is 12.8. The topological polar surface area (TPSA) is 137 Å². The molecule has 0 spiro atoms. The Morgan fingerprint density at radius 1 is 1.15 bits per heavy atom. The number of hydrogen-bond acceptors (Lipinski definition) is 9. The van der Waals surface area contributed by atoms with Crippen LogP contribution >= 0.6 is 11.8 Å². The van der Waals surface area contributed by atoms with Crippen LogP contribution < -0.4 is 10.6 Å². The predicted molar refractivity (Wildman–Crippen MR) is 121 cm³/mol. The minimum absolute atomic E-state index is 0.000334. The van der Waals surface area contributed by atoms with Crippen LogP contribution in [0.15, 0.2) is 12.2 Å². The second kappa shape index (κ2) is 13.2. The SMILES string of the molecule is CC1(C)COC(=O)/C=C/C(=O)SCCNC(=O)CCNC(=O)[C@@H]1OC(=O)OCC[N+](C)(C)C. The molecule has 0 aromatic heterocycles. The van der Waals surface area contributed by atoms with Crippen molar-refractivity contribution in [2.24, 2.45) is 5.41 Å². The van der Waals surface area contributed by atoms with Crippen molar-refractivity contribution < 1.29 is 42.7 Å². The third kappa shape index (κ3) is 12.3. The van der Waals surface area contributed by atoms with Gasteiger partial charge < -0.3 is 29.3 Å². The number of quaternary nitrogens is 1. The van der Waals surface area contributed by atoms with Gasteiger partial charge in [-0.15, -0.1) is 0 Å². The maximum Gasteiger partial charge on any atom is 0.509 e. The van der Waals surface area contributed by atoms with E-state index in [-0.39, 0.29) is 43.7 Å². The number of carbonyl (C=O) groups is 5. The zero-order chi connectivity index (χ0) is 25.1. The van der Waals surface area contributed by atoms with Crippen LogP contribution in [0, 0.1) is 5.41 Å². The lowest BCUT2D eigenvalue weighted by Gasteiger charge is -2.31. The van der Waals surface area contributed by atoms with Gasteiger partial charge in [-0.2, -0.15) is 0 Å². The van der Waals surface area contributed by atoms with E-state index in [2.05, 4.69) is 10.6 Å². The molecule has 12 heteroatoms. The van der Waals surface area contributed by atoms with Gasteiger partial charge in [0.2, 0.25) is 11.0 Å². The average molecular weight is 489 g/mol. The molecule has 0 aliphatic carbocycles. The minimum atomic E-state index is -1.36. The summed E-state index contributed by atoms with van der Waals surface area (Å²) in [5.41, 5.74) is -1.14. The Bertz CT molecular complexity index is 761. The molecule has 1 aliphatic heterocycles. The molecule has 0 bridgehead atoms. The average Bonchev–Trinajstić information content (AvgIpc) is 2.70. The normalized spacial score (nSPS) is 22.3. The number of esters is 1. The molecule has 0 aromatic rings. The summed E-state index contributed by atoms with van der Waals surface area (Å²) in [4.78, 5) is 60.7. The fourth-order valence-corrected chi connectivity index (χ4v) is 3.06. The second-order valence-electron chi connectivity index (χ2n) is 9.10. The fourth-order valence-electron chi connectivity index (χ4n) is 2.49. The minimum Gasteiger partial charge on any atom is -0.462 e. The molecular weight excluding hydrogens is 454 g/mol. The van der Waals surface area contributed by atoms with Crippen molar-refractivity contribution in [2.75, 3.05) is 59.7 Å². The van der Waals surface area contributed by atoms with Gasteiger partial charge in [0.1, 0.15) is 19.8 Å². The van der Waals surface area contributed by atoms with Crippen molar-refractivity contribution in [3.05, 3.63) is 12.2 Å². The van der Waals surface area contributed by atoms with Crippen LogP contribution in [-0.4, -0.2) is 99.4 Å². The zero-order valence-corrected chi connectivity index (χ0v) is 20.6. The number of nitrogens with zero attached hydrogens (tertiary/aromatic N) is 1. The highest BCUT2D eigenvalue weighted by Crippen LogP contribution is 2.25. The molecule has 0 radical (unpaired) electrons. The van der Waals surface area contributed by atoms with E-state index in [1.807, 2.05) is 21.1 Å². The standard InChI is InChI=1S/C21H33N3O8S/c1-21(2)14-31-16(26)6-7-17(27)33-13-10-22-15(25)8-9-23-19(28)18(21)32-20(29)30-12-11-24(3,4)5/h6-7,18H,8-14H2,1-5H3,(H-,22,23,25,28)/p+1/b7-6+/t18-/m0/s1. The molecule has 1 heterocycles. The Kier molecular flexibility index (Phi) is 11.4. The number of carbonyl (C=O) groups excluding carboxylic acids is 5. The van der Waals surface area contributed by atoms with Gasteiger partial charge in [-0.05, 0) is 6.08 Å². The van der Waals surface area contributed by atoms with Crippen LogP contribution in [0.1, 0.15) is 20.3 Å². The molecule has 186 valence electrons. The molecule has 33 heavy (non-hydrogen) atoms. The van der Waals surface area contributed by atoms with E-state index in [0.717, 1.165) is 23.9 Å². The lowest BCUT2D eigenvalue weighted by molar-refractivity contribution is -0.870. The van der Waals surface area contributed by atoms with Gasteiger partial charge in [-0.25, -0.2) is 9.59 Å². The van der Waals surface area contributed by atoms with Crippen LogP contribution in [0.25, 0.3) is 0 Å². The first-order chi connectivity index (χ1) is 15.3. The highest BCUT2D eigenvalue weighted by Gasteiger charge is 2.40. The van der Waals surface area contributed by atoms with Crippen LogP contribution in [0.3, 0.4) is 0 Å². The number of thioether (sulfide) groups is 1. The molecule has 0 aromatic carbocycles. The van der Waals surface area contributed by atoms with Gasteiger partial charge >= 0.3 is 12.1 Å². The summed E-state index contributed by atoms with van der Waals surface area (Å²) >= 11 is 0.945. The summed E-state index contributed by atoms with van der Waals surface area (Å²) < 4.78 is 16.1. The molecule has 1 rings (SSSR count). The molecule has 0 saturated carbocycles. The van der Waals surface area contributed by atoms with Crippen LogP contribution in [0.2, 0.25) is 0 Å². The van der Waals surface area contributed by atoms with Crippen LogP contribution in [0.4, 0.5) is 4.79 Å². The number of cyclic esters (lactones) is 1. The predicted octanol–water partition coefficient (Wildman–Crippen LogP) is 0.236. The van der Waals surface area contributed by atoms with Gasteiger partial charge in [0.15, 0.2) is 6.10 Å². The van der Waals surface area contributed by atoms with E-state index in [0.29, 0.717) is 16.8 Å². The first-order valence-corrected chi connectivity index (χ1v) is 11.5. The summed E-state index contributed by atoms with van der Waals surface area (Å²) in [7, 11) is 5.79. The number of likely N-dealkylation sites (N-methyl/N-ethyl adjacent to an activating group) is 1. The summed E-state index contributed by atoms with van der Waals surface area (Å²) in [6.45, 7) is 3.76. The number of rotatable bonds is 4. The summed E-state index contributed by atoms with van der Waals surface area (Å²) in [6.07, 6.45) is -0.334. The quantitative estimate of drug-likeness (QED) is 0.421. The van der Waals surface area contributed by atoms with Crippen LogP contribution in [-0.2, 0) is 33.4 Å². The lowest BCUT2D eigenvalue weighted by atomic mass is 9.86. The molecule has 2 N–H and O–H groups in total. The largest absolute Gasteiger partial charge is 0.509 e. The Morgan fingerprint density at radius 2 is 1.85 bits per heavy atom.